The Morgan fingerprint density at radius 3 is 2.50 bits per heavy atom. The summed E-state index contributed by atoms with van der Waals surface area (Å²) in [6.45, 7) is 10.3. The number of ether oxygens (including phenoxy) is 2. The number of fused-ring (bicyclic) bond motifs is 5. The van der Waals surface area contributed by atoms with Gasteiger partial charge in [-0.25, -0.2) is 0 Å². The second-order valence-electron chi connectivity index (χ2n) is 13.7. The third kappa shape index (κ3) is 4.48. The highest BCUT2D eigenvalue weighted by atomic mass is 16.7. The van der Waals surface area contributed by atoms with Crippen molar-refractivity contribution < 1.29 is 24.2 Å². The Morgan fingerprint density at radius 2 is 1.81 bits per heavy atom. The fraction of sp³-hybridized carbons (Fsp3) is 0.935. The molecule has 0 spiro atoms. The highest BCUT2D eigenvalue weighted by Crippen LogP contribution is 2.68. The maximum Gasteiger partial charge on any atom is 0.303 e. The Kier molecular flexibility index (Phi) is 7.64. The molecule has 0 aromatic carbocycles. The van der Waals surface area contributed by atoms with Crippen molar-refractivity contribution >= 4 is 11.8 Å². The van der Waals surface area contributed by atoms with E-state index in [-0.39, 0.29) is 41.5 Å². The van der Waals surface area contributed by atoms with Crippen LogP contribution in [-0.4, -0.2) is 35.9 Å². The zero-order chi connectivity index (χ0) is 25.7. The van der Waals surface area contributed by atoms with E-state index in [1.807, 2.05) is 0 Å². The predicted molar refractivity (Wildman–Crippen MR) is 139 cm³/mol. The first-order valence-corrected chi connectivity index (χ1v) is 15.2. The summed E-state index contributed by atoms with van der Waals surface area (Å²) in [4.78, 5) is 25.5. The monoisotopic (exact) mass is 502 g/mol. The molecule has 1 aliphatic heterocycles. The van der Waals surface area contributed by atoms with Crippen LogP contribution in [0.1, 0.15) is 111 Å². The Morgan fingerprint density at radius 1 is 1.06 bits per heavy atom. The van der Waals surface area contributed by atoms with Crippen molar-refractivity contribution in [1.29, 1.82) is 0 Å². The molecule has 5 fully saturated rings. The summed E-state index contributed by atoms with van der Waals surface area (Å²) in [5, 5.41) is 9.24. The standard InChI is InChI=1S/C31H50O5/c1-5-21-25-18-20(36-27-8-6-7-17-35-27)13-15-31(25,4)24-14-16-30(3)22(19(2)9-12-26(32)33)10-11-23(30)28(24)29(21)34/h19-25,27-28H,5-18H2,1-4H3,(H,32,33)/t19-,20-,21-,22-,23?,24?,25+,27?,28?,30-,31-/m1/s1. The Bertz CT molecular complexity index is 820. The van der Waals surface area contributed by atoms with Crippen LogP contribution < -0.4 is 0 Å². The molecule has 1 N–H and O–H groups in total. The van der Waals surface area contributed by atoms with Gasteiger partial charge in [0.15, 0.2) is 6.29 Å². The molecule has 1 saturated heterocycles. The maximum absolute atomic E-state index is 14.3. The third-order valence-corrected chi connectivity index (χ3v) is 12.2. The highest BCUT2D eigenvalue weighted by Gasteiger charge is 2.65. The summed E-state index contributed by atoms with van der Waals surface area (Å²) >= 11 is 0. The van der Waals surface area contributed by atoms with Crippen LogP contribution in [-0.2, 0) is 19.1 Å². The van der Waals surface area contributed by atoms with Gasteiger partial charge in [-0.1, -0.05) is 27.7 Å². The minimum atomic E-state index is -0.688. The van der Waals surface area contributed by atoms with Crippen molar-refractivity contribution in [3.8, 4) is 0 Å². The molecule has 5 rings (SSSR count). The SMILES string of the molecule is CC[C@H]1C(=O)C2C3CC[C@H]([C@H](C)CCC(=O)O)[C@@]3(C)CCC2[C@@]2(C)CC[C@@H](OC3CCCCO3)C[C@@H]12. The van der Waals surface area contributed by atoms with E-state index in [0.717, 1.165) is 64.4 Å². The second-order valence-corrected chi connectivity index (χ2v) is 13.7. The molecule has 4 unspecified atom stereocenters. The molecular formula is C31H50O5. The molecular weight excluding hydrogens is 452 g/mol. The van der Waals surface area contributed by atoms with Gasteiger partial charge in [0.1, 0.15) is 5.78 Å². The molecule has 5 nitrogen and oxygen atoms in total. The molecule has 204 valence electrons. The molecule has 5 aliphatic rings. The molecule has 5 heteroatoms. The number of carboxylic acid groups (broad SMARTS) is 1. The average Bonchev–Trinajstić information content (AvgIpc) is 3.21. The van der Waals surface area contributed by atoms with Crippen molar-refractivity contribution in [1.82, 2.24) is 0 Å². The van der Waals surface area contributed by atoms with Gasteiger partial charge in [-0.05, 0) is 117 Å². The number of ketones is 1. The summed E-state index contributed by atoms with van der Waals surface area (Å²) in [7, 11) is 0. The fourth-order valence-electron chi connectivity index (χ4n) is 10.3. The van der Waals surface area contributed by atoms with Crippen molar-refractivity contribution in [2.45, 2.75) is 124 Å². The summed E-state index contributed by atoms with van der Waals surface area (Å²) in [5.74, 6) is 2.57. The lowest BCUT2D eigenvalue weighted by Crippen LogP contribution is -2.61. The van der Waals surface area contributed by atoms with Gasteiger partial charge >= 0.3 is 5.97 Å². The second kappa shape index (κ2) is 10.3. The number of hydrogen-bond donors (Lipinski definition) is 1. The van der Waals surface area contributed by atoms with Crippen LogP contribution in [0.2, 0.25) is 0 Å². The Hall–Kier alpha value is -0.940. The molecule has 0 aromatic rings. The lowest BCUT2D eigenvalue weighted by Gasteiger charge is -2.62. The highest BCUT2D eigenvalue weighted by molar-refractivity contribution is 5.86. The topological polar surface area (TPSA) is 72.8 Å². The Balaban J connectivity index is 1.34. The van der Waals surface area contributed by atoms with E-state index in [0.29, 0.717) is 35.4 Å². The van der Waals surface area contributed by atoms with Gasteiger partial charge in [0.25, 0.3) is 0 Å². The van der Waals surface area contributed by atoms with Gasteiger partial charge in [0.2, 0.25) is 0 Å². The number of carboxylic acids is 1. The van der Waals surface area contributed by atoms with Crippen LogP contribution in [0.15, 0.2) is 0 Å². The van der Waals surface area contributed by atoms with Gasteiger partial charge in [-0.15, -0.1) is 0 Å². The van der Waals surface area contributed by atoms with E-state index < -0.39 is 5.97 Å². The normalized spacial score (nSPS) is 47.5. The van der Waals surface area contributed by atoms with E-state index in [1.54, 1.807) is 0 Å². The summed E-state index contributed by atoms with van der Waals surface area (Å²) < 4.78 is 12.4. The molecule has 0 aromatic heterocycles. The molecule has 0 amide bonds. The van der Waals surface area contributed by atoms with E-state index >= 15 is 0 Å². The van der Waals surface area contributed by atoms with Crippen LogP contribution >= 0.6 is 0 Å². The van der Waals surface area contributed by atoms with E-state index in [1.165, 1.54) is 19.3 Å². The molecule has 1 heterocycles. The predicted octanol–water partition coefficient (Wildman–Crippen LogP) is 6.87. The number of Topliss-reactive ketones (excluding diaryl/α,β-unsaturated/α-hetero) is 1. The Labute approximate surface area is 218 Å². The number of aliphatic carboxylic acids is 1. The quantitative estimate of drug-likeness (QED) is 0.384. The lowest BCUT2D eigenvalue weighted by atomic mass is 9.42. The number of carbonyl (C=O) groups excluding carboxylic acids is 1. The summed E-state index contributed by atoms with van der Waals surface area (Å²) in [6, 6.07) is 0. The molecule has 4 aliphatic carbocycles. The largest absolute Gasteiger partial charge is 0.481 e. The first-order valence-electron chi connectivity index (χ1n) is 15.2. The van der Waals surface area contributed by atoms with Crippen LogP contribution in [0, 0.1) is 52.3 Å². The first kappa shape index (κ1) is 26.7. The lowest BCUT2D eigenvalue weighted by molar-refractivity contribution is -0.216. The van der Waals surface area contributed by atoms with E-state index in [2.05, 4.69) is 27.7 Å². The molecule has 4 saturated carbocycles. The number of hydrogen-bond acceptors (Lipinski definition) is 4. The van der Waals surface area contributed by atoms with Crippen LogP contribution in [0.4, 0.5) is 0 Å². The van der Waals surface area contributed by atoms with Crippen molar-refractivity contribution in [2.75, 3.05) is 6.61 Å². The van der Waals surface area contributed by atoms with Crippen LogP contribution in [0.25, 0.3) is 0 Å². The van der Waals surface area contributed by atoms with E-state index in [4.69, 9.17) is 9.47 Å². The van der Waals surface area contributed by atoms with Crippen molar-refractivity contribution in [2.24, 2.45) is 52.3 Å². The number of rotatable bonds is 7. The smallest absolute Gasteiger partial charge is 0.303 e. The molecule has 36 heavy (non-hydrogen) atoms. The molecule has 11 atom stereocenters. The third-order valence-electron chi connectivity index (χ3n) is 12.2. The zero-order valence-corrected chi connectivity index (χ0v) is 23.2. The van der Waals surface area contributed by atoms with Gasteiger partial charge in [0.05, 0.1) is 6.10 Å². The fourth-order valence-corrected chi connectivity index (χ4v) is 10.3. The minimum absolute atomic E-state index is 0.0471. The molecule has 0 bridgehead atoms. The van der Waals surface area contributed by atoms with Gasteiger partial charge in [-0.2, -0.15) is 0 Å². The number of carbonyl (C=O) groups is 2. The van der Waals surface area contributed by atoms with Gasteiger partial charge < -0.3 is 14.6 Å². The maximum atomic E-state index is 14.3. The zero-order valence-electron chi connectivity index (χ0n) is 23.2. The average molecular weight is 503 g/mol. The summed E-state index contributed by atoms with van der Waals surface area (Å²) in [6.07, 6.45) is 13.4. The molecule has 0 radical (unpaired) electrons. The minimum Gasteiger partial charge on any atom is -0.481 e. The van der Waals surface area contributed by atoms with Gasteiger partial charge in [-0.3, -0.25) is 9.59 Å². The van der Waals surface area contributed by atoms with Crippen molar-refractivity contribution in [3.63, 3.8) is 0 Å². The first-order chi connectivity index (χ1) is 17.2. The van der Waals surface area contributed by atoms with Gasteiger partial charge in [0, 0.05) is 24.9 Å². The van der Waals surface area contributed by atoms with Crippen LogP contribution in [0.3, 0.4) is 0 Å². The van der Waals surface area contributed by atoms with Crippen molar-refractivity contribution in [3.05, 3.63) is 0 Å². The van der Waals surface area contributed by atoms with E-state index in [9.17, 15) is 14.7 Å². The van der Waals surface area contributed by atoms with Crippen LogP contribution in [0.5, 0.6) is 0 Å². The summed E-state index contributed by atoms with van der Waals surface area (Å²) in [5.41, 5.74) is 0.399.